The molecular weight excluding hydrogens is 212 g/mol. The molecule has 0 bridgehead atoms. The van der Waals surface area contributed by atoms with Crippen LogP contribution >= 0.6 is 10.7 Å². The molecule has 1 fully saturated rings. The van der Waals surface area contributed by atoms with Crippen molar-refractivity contribution >= 4 is 19.7 Å². The molecule has 3 nitrogen and oxygen atoms in total. The maximum Gasteiger partial charge on any atom is 0.238 e. The topological polar surface area (TPSA) is 47.3 Å². The van der Waals surface area contributed by atoms with Crippen molar-refractivity contribution in [1.29, 1.82) is 0 Å². The van der Waals surface area contributed by atoms with E-state index in [-0.39, 0.29) is 0 Å². The molecule has 5 heteroatoms. The molecule has 0 N–H and O–H groups in total. The largest absolute Gasteiger partial charge is 0.472 e. The Labute approximate surface area is 81.1 Å². The number of halogens is 1. The predicted molar refractivity (Wildman–Crippen MR) is 49.1 cm³/mol. The van der Waals surface area contributed by atoms with Gasteiger partial charge in [0.05, 0.1) is 17.3 Å². The summed E-state index contributed by atoms with van der Waals surface area (Å²) in [5, 5.41) is 0. The lowest BCUT2D eigenvalue weighted by Crippen LogP contribution is -2.20. The predicted octanol–water partition coefficient (Wildman–Crippen LogP) is 1.92. The van der Waals surface area contributed by atoms with Crippen LogP contribution in [-0.2, 0) is 15.5 Å². The summed E-state index contributed by atoms with van der Waals surface area (Å²) in [5.41, 5.74) is 0.890. The Kier molecular flexibility index (Phi) is 1.92. The molecule has 13 heavy (non-hydrogen) atoms. The quantitative estimate of drug-likeness (QED) is 0.732. The minimum absolute atomic E-state index is 0.468. The average Bonchev–Trinajstić information content (AvgIpc) is 2.59. The number of hydrogen-bond acceptors (Lipinski definition) is 3. The highest BCUT2D eigenvalue weighted by molar-refractivity contribution is 8.15. The van der Waals surface area contributed by atoms with E-state index < -0.39 is 13.8 Å². The van der Waals surface area contributed by atoms with Gasteiger partial charge >= 0.3 is 0 Å². The lowest BCUT2D eigenvalue weighted by molar-refractivity contribution is 0.561. The van der Waals surface area contributed by atoms with E-state index in [1.54, 1.807) is 12.3 Å². The van der Waals surface area contributed by atoms with Crippen LogP contribution in [0.1, 0.15) is 18.4 Å². The lowest BCUT2D eigenvalue weighted by atomic mass is 10.2. The molecule has 0 radical (unpaired) electrons. The summed E-state index contributed by atoms with van der Waals surface area (Å²) in [4.78, 5) is 0. The molecule has 0 aromatic carbocycles. The highest BCUT2D eigenvalue weighted by atomic mass is 35.7. The standard InChI is InChI=1S/C8H9ClO3S/c9-13(10,11)8(2-3-8)5-7-1-4-12-6-7/h1,4,6H,2-3,5H2. The molecular formula is C8H9ClO3S. The third-order valence-corrected chi connectivity index (χ3v) is 5.00. The van der Waals surface area contributed by atoms with E-state index in [4.69, 9.17) is 15.1 Å². The summed E-state index contributed by atoms with van der Waals surface area (Å²) in [6, 6.07) is 1.77. The average molecular weight is 221 g/mol. The fraction of sp³-hybridized carbons (Fsp3) is 0.500. The molecule has 72 valence electrons. The molecule has 0 saturated heterocycles. The first-order valence-electron chi connectivity index (χ1n) is 3.99. The van der Waals surface area contributed by atoms with Crippen molar-refractivity contribution in [2.45, 2.75) is 24.0 Å². The smallest absolute Gasteiger partial charge is 0.238 e. The minimum Gasteiger partial charge on any atom is -0.472 e. The third kappa shape index (κ3) is 1.60. The second-order valence-corrected chi connectivity index (χ2v) is 6.39. The van der Waals surface area contributed by atoms with E-state index >= 15 is 0 Å². The second kappa shape index (κ2) is 2.75. The Morgan fingerprint density at radius 2 is 2.23 bits per heavy atom. The zero-order chi connectivity index (χ0) is 9.53. The third-order valence-electron chi connectivity index (χ3n) is 2.43. The SMILES string of the molecule is O=S(=O)(Cl)C1(Cc2ccoc2)CC1. The molecule has 1 aromatic rings. The van der Waals surface area contributed by atoms with Gasteiger partial charge in [-0.05, 0) is 30.9 Å². The van der Waals surface area contributed by atoms with Crippen molar-refractivity contribution in [2.24, 2.45) is 0 Å². The summed E-state index contributed by atoms with van der Waals surface area (Å²) in [6.45, 7) is 0. The number of rotatable bonds is 3. The van der Waals surface area contributed by atoms with Crippen LogP contribution in [-0.4, -0.2) is 13.2 Å². The van der Waals surface area contributed by atoms with E-state index in [9.17, 15) is 8.42 Å². The Morgan fingerprint density at radius 1 is 1.54 bits per heavy atom. The molecule has 1 aromatic heterocycles. The van der Waals surface area contributed by atoms with Gasteiger partial charge in [-0.3, -0.25) is 0 Å². The van der Waals surface area contributed by atoms with Crippen molar-refractivity contribution < 1.29 is 12.8 Å². The summed E-state index contributed by atoms with van der Waals surface area (Å²) >= 11 is 0. The first-order chi connectivity index (χ1) is 6.04. The van der Waals surface area contributed by atoms with Gasteiger partial charge in [-0.2, -0.15) is 0 Å². The van der Waals surface area contributed by atoms with Gasteiger partial charge in [0.15, 0.2) is 0 Å². The normalized spacial score (nSPS) is 20.1. The molecule has 1 saturated carbocycles. The maximum atomic E-state index is 11.2. The van der Waals surface area contributed by atoms with Crippen LogP contribution in [0.5, 0.6) is 0 Å². The molecule has 0 aliphatic heterocycles. The Balaban J connectivity index is 2.20. The highest BCUT2D eigenvalue weighted by Crippen LogP contribution is 2.48. The van der Waals surface area contributed by atoms with Crippen LogP contribution in [0.25, 0.3) is 0 Å². The van der Waals surface area contributed by atoms with Gasteiger partial charge in [-0.15, -0.1) is 0 Å². The van der Waals surface area contributed by atoms with Gasteiger partial charge in [0.1, 0.15) is 0 Å². The molecule has 2 rings (SSSR count). The molecule has 0 spiro atoms. The Bertz CT molecular complexity index is 389. The number of furan rings is 1. The maximum absolute atomic E-state index is 11.2. The lowest BCUT2D eigenvalue weighted by Gasteiger charge is -2.08. The van der Waals surface area contributed by atoms with Crippen molar-refractivity contribution in [3.05, 3.63) is 24.2 Å². The van der Waals surface area contributed by atoms with Gasteiger partial charge in [-0.1, -0.05) is 0 Å². The molecule has 0 amide bonds. The van der Waals surface area contributed by atoms with Crippen LogP contribution in [0, 0.1) is 0 Å². The monoisotopic (exact) mass is 220 g/mol. The minimum atomic E-state index is -3.44. The fourth-order valence-corrected chi connectivity index (χ4v) is 2.97. The molecule has 1 aliphatic carbocycles. The van der Waals surface area contributed by atoms with Gasteiger partial charge in [0, 0.05) is 10.7 Å². The summed E-state index contributed by atoms with van der Waals surface area (Å²) in [5.74, 6) is 0. The zero-order valence-electron chi connectivity index (χ0n) is 6.86. The van der Waals surface area contributed by atoms with Crippen LogP contribution in [0.3, 0.4) is 0 Å². The molecule has 1 heterocycles. The first-order valence-corrected chi connectivity index (χ1v) is 6.30. The van der Waals surface area contributed by atoms with Gasteiger partial charge in [-0.25, -0.2) is 8.42 Å². The van der Waals surface area contributed by atoms with Crippen LogP contribution in [0.4, 0.5) is 0 Å². The Hall–Kier alpha value is -0.480. The summed E-state index contributed by atoms with van der Waals surface area (Å²) in [6.07, 6.45) is 4.87. The Morgan fingerprint density at radius 3 is 2.62 bits per heavy atom. The fourth-order valence-electron chi connectivity index (χ4n) is 1.41. The van der Waals surface area contributed by atoms with Gasteiger partial charge in [0.25, 0.3) is 0 Å². The van der Waals surface area contributed by atoms with Gasteiger partial charge < -0.3 is 4.42 Å². The highest BCUT2D eigenvalue weighted by Gasteiger charge is 2.53. The molecule has 1 aliphatic rings. The van der Waals surface area contributed by atoms with E-state index in [1.807, 2.05) is 0 Å². The van der Waals surface area contributed by atoms with Crippen molar-refractivity contribution in [3.63, 3.8) is 0 Å². The van der Waals surface area contributed by atoms with Crippen LogP contribution < -0.4 is 0 Å². The first kappa shape index (κ1) is 9.09. The van der Waals surface area contributed by atoms with Gasteiger partial charge in [0.2, 0.25) is 9.05 Å². The second-order valence-electron chi connectivity index (χ2n) is 3.43. The van der Waals surface area contributed by atoms with E-state index in [0.29, 0.717) is 19.3 Å². The molecule has 0 unspecified atom stereocenters. The van der Waals surface area contributed by atoms with E-state index in [2.05, 4.69) is 0 Å². The van der Waals surface area contributed by atoms with E-state index in [0.717, 1.165) is 5.56 Å². The number of hydrogen-bond donors (Lipinski definition) is 0. The van der Waals surface area contributed by atoms with Crippen molar-refractivity contribution in [1.82, 2.24) is 0 Å². The summed E-state index contributed by atoms with van der Waals surface area (Å²) < 4.78 is 26.5. The van der Waals surface area contributed by atoms with E-state index in [1.165, 1.54) is 6.26 Å². The zero-order valence-corrected chi connectivity index (χ0v) is 8.44. The van der Waals surface area contributed by atoms with Crippen LogP contribution in [0.15, 0.2) is 23.0 Å². The van der Waals surface area contributed by atoms with Crippen LogP contribution in [0.2, 0.25) is 0 Å². The summed E-state index contributed by atoms with van der Waals surface area (Å²) in [7, 11) is 1.91. The van der Waals surface area contributed by atoms with Crippen molar-refractivity contribution in [3.8, 4) is 0 Å². The van der Waals surface area contributed by atoms with Crippen molar-refractivity contribution in [2.75, 3.05) is 0 Å². The molecule has 0 atom stereocenters.